The van der Waals surface area contributed by atoms with Crippen LogP contribution in [0.2, 0.25) is 0 Å². The zero-order valence-corrected chi connectivity index (χ0v) is 19.5. The highest BCUT2D eigenvalue weighted by molar-refractivity contribution is 7.92. The van der Waals surface area contributed by atoms with E-state index in [0.717, 1.165) is 14.9 Å². The van der Waals surface area contributed by atoms with E-state index in [0.29, 0.717) is 11.4 Å². The molecule has 11 heteroatoms. The van der Waals surface area contributed by atoms with Gasteiger partial charge in [-0.1, -0.05) is 18.2 Å². The molecule has 1 amide bonds. The van der Waals surface area contributed by atoms with Crippen molar-refractivity contribution >= 4 is 31.6 Å². The highest BCUT2D eigenvalue weighted by Gasteiger charge is 2.28. The summed E-state index contributed by atoms with van der Waals surface area (Å²) in [7, 11) is -4.28. The summed E-state index contributed by atoms with van der Waals surface area (Å²) in [6, 6.07) is 13.4. The van der Waals surface area contributed by atoms with Crippen LogP contribution in [0.25, 0.3) is 0 Å². The van der Waals surface area contributed by atoms with Crippen LogP contribution < -0.4 is 14.4 Å². The number of para-hydroxylation sites is 1. The molecule has 2 aromatic rings. The molecule has 0 saturated heterocycles. The maximum absolute atomic E-state index is 12.5. The monoisotopic (exact) mass is 469 g/mol. The lowest BCUT2D eigenvalue weighted by atomic mass is 10.2. The van der Waals surface area contributed by atoms with Crippen molar-refractivity contribution < 1.29 is 26.4 Å². The Hall–Kier alpha value is -2.63. The minimum absolute atomic E-state index is 0.127. The van der Waals surface area contributed by atoms with E-state index in [1.54, 1.807) is 30.3 Å². The van der Waals surface area contributed by atoms with Crippen LogP contribution in [-0.4, -0.2) is 66.6 Å². The molecule has 2 rings (SSSR count). The van der Waals surface area contributed by atoms with Gasteiger partial charge in [0.25, 0.3) is 0 Å². The molecule has 2 aromatic carbocycles. The Kier molecular flexibility index (Phi) is 8.04. The quantitative estimate of drug-likeness (QED) is 0.525. The number of hydrogen-bond donors (Lipinski definition) is 1. The van der Waals surface area contributed by atoms with Crippen molar-refractivity contribution in [1.82, 2.24) is 9.62 Å². The molecule has 0 spiro atoms. The van der Waals surface area contributed by atoms with Crippen LogP contribution in [0.5, 0.6) is 5.75 Å². The molecular weight excluding hydrogens is 442 g/mol. The second-order valence-electron chi connectivity index (χ2n) is 6.97. The van der Waals surface area contributed by atoms with Crippen molar-refractivity contribution in [2.45, 2.75) is 17.9 Å². The predicted molar refractivity (Wildman–Crippen MR) is 119 cm³/mol. The Morgan fingerprint density at radius 2 is 1.58 bits per heavy atom. The first-order valence-electron chi connectivity index (χ1n) is 9.42. The van der Waals surface area contributed by atoms with Crippen LogP contribution in [-0.2, 0) is 24.8 Å². The number of sulfonamides is 2. The first-order chi connectivity index (χ1) is 14.4. The van der Waals surface area contributed by atoms with Crippen molar-refractivity contribution in [3.05, 3.63) is 54.6 Å². The lowest BCUT2D eigenvalue weighted by Crippen LogP contribution is -2.48. The number of hydrogen-bond acceptors (Lipinski definition) is 6. The molecule has 31 heavy (non-hydrogen) atoms. The Labute approximate surface area is 183 Å². The average molecular weight is 470 g/mol. The summed E-state index contributed by atoms with van der Waals surface area (Å²) in [4.78, 5) is 12.6. The van der Waals surface area contributed by atoms with E-state index < -0.39 is 32.0 Å². The number of nitrogens with one attached hydrogen (secondary N) is 1. The Balaban J connectivity index is 1.93. The Morgan fingerprint density at radius 3 is 2.10 bits per heavy atom. The topological polar surface area (TPSA) is 113 Å². The Bertz CT molecular complexity index is 1090. The summed E-state index contributed by atoms with van der Waals surface area (Å²) in [5, 5.41) is 2.65. The molecule has 0 unspecified atom stereocenters. The van der Waals surface area contributed by atoms with Crippen LogP contribution in [0.4, 0.5) is 5.69 Å². The van der Waals surface area contributed by atoms with Gasteiger partial charge in [-0.25, -0.2) is 21.1 Å². The minimum atomic E-state index is -3.67. The molecule has 0 radical (unpaired) electrons. The zero-order valence-electron chi connectivity index (χ0n) is 17.8. The van der Waals surface area contributed by atoms with E-state index >= 15 is 0 Å². The first-order valence-corrected chi connectivity index (χ1v) is 12.7. The van der Waals surface area contributed by atoms with Gasteiger partial charge in [0.1, 0.15) is 18.4 Å². The van der Waals surface area contributed by atoms with Gasteiger partial charge >= 0.3 is 0 Å². The molecule has 170 valence electrons. The molecular formula is C20H27N3O6S2. The van der Waals surface area contributed by atoms with E-state index in [-0.39, 0.29) is 18.0 Å². The third-order valence-corrected chi connectivity index (χ3v) is 7.44. The number of rotatable bonds is 10. The van der Waals surface area contributed by atoms with Gasteiger partial charge in [-0.05, 0) is 43.3 Å². The van der Waals surface area contributed by atoms with E-state index in [4.69, 9.17) is 4.74 Å². The molecule has 0 aliphatic heterocycles. The fraction of sp³-hybridized carbons (Fsp3) is 0.350. The van der Waals surface area contributed by atoms with E-state index in [1.165, 1.54) is 45.3 Å². The smallest absolute Gasteiger partial charge is 0.243 e. The molecule has 0 fully saturated rings. The third-order valence-electron chi connectivity index (χ3n) is 4.37. The van der Waals surface area contributed by atoms with Crippen LogP contribution in [0, 0.1) is 0 Å². The summed E-state index contributed by atoms with van der Waals surface area (Å²) >= 11 is 0. The standard InChI is InChI=1S/C20H27N3O6S2/c1-16(23(30(4,25)26)17-8-6-5-7-9-17)20(24)21-14-15-29-18-10-12-19(13-11-18)31(27,28)22(2)3/h5-13,16H,14-15H2,1-4H3,(H,21,24)/t16-/m0/s1. The number of ether oxygens (including phenoxy) is 1. The van der Waals surface area contributed by atoms with Gasteiger partial charge in [-0.3, -0.25) is 9.10 Å². The number of amides is 1. The van der Waals surface area contributed by atoms with Crippen LogP contribution in [0.3, 0.4) is 0 Å². The molecule has 0 aliphatic rings. The van der Waals surface area contributed by atoms with Crippen LogP contribution in [0.1, 0.15) is 6.92 Å². The maximum atomic E-state index is 12.5. The molecule has 9 nitrogen and oxygen atoms in total. The van der Waals surface area contributed by atoms with E-state index in [9.17, 15) is 21.6 Å². The molecule has 0 saturated carbocycles. The van der Waals surface area contributed by atoms with Gasteiger partial charge in [-0.15, -0.1) is 0 Å². The Morgan fingerprint density at radius 1 is 1.00 bits per heavy atom. The van der Waals surface area contributed by atoms with E-state index in [2.05, 4.69) is 5.32 Å². The van der Waals surface area contributed by atoms with Crippen molar-refractivity contribution in [3.63, 3.8) is 0 Å². The number of carbonyl (C=O) groups excluding carboxylic acids is 1. The summed E-state index contributed by atoms with van der Waals surface area (Å²) in [6.07, 6.45) is 1.05. The summed E-state index contributed by atoms with van der Waals surface area (Å²) < 4.78 is 56.2. The molecule has 1 N–H and O–H groups in total. The number of carbonyl (C=O) groups is 1. The van der Waals surface area contributed by atoms with Crippen LogP contribution in [0.15, 0.2) is 59.5 Å². The highest BCUT2D eigenvalue weighted by atomic mass is 32.2. The average Bonchev–Trinajstić information content (AvgIpc) is 2.71. The fourth-order valence-electron chi connectivity index (χ4n) is 2.79. The van der Waals surface area contributed by atoms with E-state index in [1.807, 2.05) is 0 Å². The fourth-order valence-corrected chi connectivity index (χ4v) is 4.87. The van der Waals surface area contributed by atoms with Crippen LogP contribution >= 0.6 is 0 Å². The summed E-state index contributed by atoms with van der Waals surface area (Å²) in [5.74, 6) is -0.0210. The molecule has 0 bridgehead atoms. The van der Waals surface area contributed by atoms with Gasteiger partial charge in [0, 0.05) is 14.1 Å². The van der Waals surface area contributed by atoms with Gasteiger partial charge in [0.15, 0.2) is 0 Å². The number of anilines is 1. The molecule has 0 heterocycles. The summed E-state index contributed by atoms with van der Waals surface area (Å²) in [6.45, 7) is 1.78. The first kappa shape index (κ1) is 24.6. The maximum Gasteiger partial charge on any atom is 0.243 e. The highest BCUT2D eigenvalue weighted by Crippen LogP contribution is 2.20. The van der Waals surface area contributed by atoms with Crippen molar-refractivity contribution in [3.8, 4) is 5.75 Å². The second-order valence-corrected chi connectivity index (χ2v) is 11.0. The van der Waals surface area contributed by atoms with Crippen molar-refractivity contribution in [1.29, 1.82) is 0 Å². The van der Waals surface area contributed by atoms with Gasteiger partial charge in [0.2, 0.25) is 26.0 Å². The van der Waals surface area contributed by atoms with Gasteiger partial charge < -0.3 is 10.1 Å². The molecule has 1 atom stereocenters. The van der Waals surface area contributed by atoms with Crippen molar-refractivity contribution in [2.24, 2.45) is 0 Å². The van der Waals surface area contributed by atoms with Gasteiger partial charge in [0.05, 0.1) is 23.4 Å². The molecule has 0 aliphatic carbocycles. The lowest BCUT2D eigenvalue weighted by Gasteiger charge is -2.28. The lowest BCUT2D eigenvalue weighted by molar-refractivity contribution is -0.121. The predicted octanol–water partition coefficient (Wildman–Crippen LogP) is 1.29. The third kappa shape index (κ3) is 6.42. The number of nitrogens with zero attached hydrogens (tertiary/aromatic N) is 2. The van der Waals surface area contributed by atoms with Gasteiger partial charge in [-0.2, -0.15) is 0 Å². The van der Waals surface area contributed by atoms with Crippen molar-refractivity contribution in [2.75, 3.05) is 37.8 Å². The largest absolute Gasteiger partial charge is 0.492 e. The minimum Gasteiger partial charge on any atom is -0.492 e. The zero-order chi connectivity index (χ0) is 23.2. The summed E-state index contributed by atoms with van der Waals surface area (Å²) in [5.41, 5.74) is 0.400. The number of benzene rings is 2. The normalized spacial score (nSPS) is 12.9. The molecule has 0 aromatic heterocycles. The SMILES string of the molecule is C[C@@H](C(=O)NCCOc1ccc(S(=O)(=O)N(C)C)cc1)N(c1ccccc1)S(C)(=O)=O. The second kappa shape index (κ2) is 10.1.